The highest BCUT2D eigenvalue weighted by atomic mass is 16.3. The van der Waals surface area contributed by atoms with Crippen LogP contribution >= 0.6 is 0 Å². The van der Waals surface area contributed by atoms with Crippen LogP contribution in [0.4, 0.5) is 0 Å². The number of rotatable bonds is 6. The number of nitrogens with zero attached hydrogens (tertiary/aromatic N) is 3. The normalized spacial score (nSPS) is 10.9. The lowest BCUT2D eigenvalue weighted by Crippen LogP contribution is -2.27. The van der Waals surface area contributed by atoms with Crippen molar-refractivity contribution < 1.29 is 9.21 Å². The van der Waals surface area contributed by atoms with Gasteiger partial charge in [0.05, 0.1) is 23.5 Å². The number of hydrogen-bond acceptors (Lipinski definition) is 5. The zero-order chi connectivity index (χ0) is 19.3. The molecule has 4 rings (SSSR count). The maximum absolute atomic E-state index is 12.4. The number of pyridine rings is 1. The summed E-state index contributed by atoms with van der Waals surface area (Å²) in [6.45, 7) is 0.623. The first-order valence-electron chi connectivity index (χ1n) is 8.89. The lowest BCUT2D eigenvalue weighted by atomic mass is 10.1. The molecule has 0 aliphatic rings. The zero-order valence-corrected chi connectivity index (χ0v) is 15.0. The van der Waals surface area contributed by atoms with Crippen molar-refractivity contribution in [2.24, 2.45) is 0 Å². The molecule has 3 heterocycles. The van der Waals surface area contributed by atoms with Crippen LogP contribution in [0.3, 0.4) is 0 Å². The van der Waals surface area contributed by atoms with E-state index in [-0.39, 0.29) is 24.4 Å². The third-order valence-electron chi connectivity index (χ3n) is 4.40. The second-order valence-corrected chi connectivity index (χ2v) is 6.35. The van der Waals surface area contributed by atoms with E-state index in [0.717, 1.165) is 16.9 Å². The molecule has 0 bridgehead atoms. The van der Waals surface area contributed by atoms with Gasteiger partial charge in [0.25, 0.3) is 5.56 Å². The molecule has 0 radical (unpaired) electrons. The SMILES string of the molecule is O=C(CCn1cnc2ccccc2c1=O)NCc1cncc(-c2ccco2)c1. The van der Waals surface area contributed by atoms with Crippen LogP contribution in [-0.4, -0.2) is 20.4 Å². The second-order valence-electron chi connectivity index (χ2n) is 6.35. The zero-order valence-electron chi connectivity index (χ0n) is 15.0. The summed E-state index contributed by atoms with van der Waals surface area (Å²) in [6.07, 6.45) is 6.68. The largest absolute Gasteiger partial charge is 0.464 e. The number of benzene rings is 1. The van der Waals surface area contributed by atoms with Crippen LogP contribution in [0.15, 0.2) is 76.7 Å². The summed E-state index contributed by atoms with van der Waals surface area (Å²) >= 11 is 0. The second kappa shape index (κ2) is 7.87. The van der Waals surface area contributed by atoms with Gasteiger partial charge in [0.1, 0.15) is 5.76 Å². The summed E-state index contributed by atoms with van der Waals surface area (Å²) < 4.78 is 6.82. The van der Waals surface area contributed by atoms with E-state index in [1.54, 1.807) is 36.9 Å². The number of amides is 1. The van der Waals surface area contributed by atoms with Gasteiger partial charge in [-0.15, -0.1) is 0 Å². The van der Waals surface area contributed by atoms with Crippen LogP contribution in [0.1, 0.15) is 12.0 Å². The molecule has 140 valence electrons. The highest BCUT2D eigenvalue weighted by Crippen LogP contribution is 2.19. The predicted molar refractivity (Wildman–Crippen MR) is 104 cm³/mol. The molecule has 0 spiro atoms. The van der Waals surface area contributed by atoms with E-state index in [1.165, 1.54) is 10.9 Å². The van der Waals surface area contributed by atoms with E-state index in [0.29, 0.717) is 17.4 Å². The fraction of sp³-hybridized carbons (Fsp3) is 0.143. The van der Waals surface area contributed by atoms with Crippen molar-refractivity contribution in [1.29, 1.82) is 0 Å². The number of fused-ring (bicyclic) bond motifs is 1. The number of nitrogens with one attached hydrogen (secondary N) is 1. The maximum atomic E-state index is 12.4. The molecule has 1 N–H and O–H groups in total. The van der Waals surface area contributed by atoms with Crippen molar-refractivity contribution in [2.45, 2.75) is 19.5 Å². The van der Waals surface area contributed by atoms with Gasteiger partial charge in [-0.05, 0) is 35.9 Å². The van der Waals surface area contributed by atoms with Crippen LogP contribution in [0.25, 0.3) is 22.2 Å². The number of aryl methyl sites for hydroxylation is 1. The summed E-state index contributed by atoms with van der Waals surface area (Å²) in [5, 5.41) is 3.40. The number of aromatic nitrogens is 3. The number of carbonyl (C=O) groups is 1. The van der Waals surface area contributed by atoms with Gasteiger partial charge in [0.2, 0.25) is 5.91 Å². The summed E-state index contributed by atoms with van der Waals surface area (Å²) in [4.78, 5) is 33.1. The van der Waals surface area contributed by atoms with Crippen LogP contribution in [0.5, 0.6) is 0 Å². The van der Waals surface area contributed by atoms with Gasteiger partial charge in [-0.1, -0.05) is 12.1 Å². The number of furan rings is 1. The van der Waals surface area contributed by atoms with Crippen molar-refractivity contribution in [3.63, 3.8) is 0 Å². The molecule has 0 aliphatic heterocycles. The molecule has 7 nitrogen and oxygen atoms in total. The Balaban J connectivity index is 1.36. The maximum Gasteiger partial charge on any atom is 0.261 e. The van der Waals surface area contributed by atoms with Gasteiger partial charge in [-0.25, -0.2) is 4.98 Å². The molecule has 0 atom stereocenters. The van der Waals surface area contributed by atoms with Gasteiger partial charge >= 0.3 is 0 Å². The Labute approximate surface area is 160 Å². The minimum Gasteiger partial charge on any atom is -0.464 e. The van der Waals surface area contributed by atoms with Crippen LogP contribution in [0.2, 0.25) is 0 Å². The molecule has 0 aliphatic carbocycles. The average molecular weight is 374 g/mol. The van der Waals surface area contributed by atoms with E-state index in [9.17, 15) is 9.59 Å². The number of para-hydroxylation sites is 1. The van der Waals surface area contributed by atoms with Crippen molar-refractivity contribution in [2.75, 3.05) is 0 Å². The van der Waals surface area contributed by atoms with Crippen molar-refractivity contribution in [3.8, 4) is 11.3 Å². The van der Waals surface area contributed by atoms with E-state index in [1.807, 2.05) is 24.3 Å². The summed E-state index contributed by atoms with van der Waals surface area (Å²) in [7, 11) is 0. The first-order valence-corrected chi connectivity index (χ1v) is 8.89. The Bertz CT molecular complexity index is 1170. The smallest absolute Gasteiger partial charge is 0.261 e. The minimum atomic E-state index is -0.150. The van der Waals surface area contributed by atoms with Gasteiger partial charge in [-0.2, -0.15) is 0 Å². The monoisotopic (exact) mass is 374 g/mol. The van der Waals surface area contributed by atoms with Gasteiger partial charge in [0, 0.05) is 37.5 Å². The third kappa shape index (κ3) is 3.83. The molecule has 3 aromatic heterocycles. The predicted octanol–water partition coefficient (Wildman–Crippen LogP) is 2.76. The Morgan fingerprint density at radius 1 is 1.14 bits per heavy atom. The van der Waals surface area contributed by atoms with Crippen LogP contribution < -0.4 is 10.9 Å². The fourth-order valence-corrected chi connectivity index (χ4v) is 2.94. The van der Waals surface area contributed by atoms with Gasteiger partial charge in [0.15, 0.2) is 0 Å². The topological polar surface area (TPSA) is 90.0 Å². The first-order chi connectivity index (χ1) is 13.7. The van der Waals surface area contributed by atoms with Gasteiger partial charge in [-0.3, -0.25) is 19.1 Å². The van der Waals surface area contributed by atoms with E-state index >= 15 is 0 Å². The molecule has 1 amide bonds. The number of carbonyl (C=O) groups excluding carboxylic acids is 1. The lowest BCUT2D eigenvalue weighted by Gasteiger charge is -2.08. The molecule has 0 saturated heterocycles. The quantitative estimate of drug-likeness (QED) is 0.560. The van der Waals surface area contributed by atoms with Crippen molar-refractivity contribution >= 4 is 16.8 Å². The Morgan fingerprint density at radius 3 is 2.89 bits per heavy atom. The molecule has 0 saturated carbocycles. The first kappa shape index (κ1) is 17.7. The molecular formula is C21H18N4O3. The molecule has 0 unspecified atom stereocenters. The van der Waals surface area contributed by atoms with E-state index in [2.05, 4.69) is 15.3 Å². The average Bonchev–Trinajstić information content (AvgIpc) is 3.27. The van der Waals surface area contributed by atoms with Crippen molar-refractivity contribution in [3.05, 3.63) is 83.4 Å². The summed E-state index contributed by atoms with van der Waals surface area (Å²) in [5.74, 6) is 0.576. The molecule has 0 fully saturated rings. The molecular weight excluding hydrogens is 356 g/mol. The summed E-state index contributed by atoms with van der Waals surface area (Å²) in [5.41, 5.74) is 2.23. The lowest BCUT2D eigenvalue weighted by molar-refractivity contribution is -0.121. The fourth-order valence-electron chi connectivity index (χ4n) is 2.94. The highest BCUT2D eigenvalue weighted by molar-refractivity contribution is 5.77. The third-order valence-corrected chi connectivity index (χ3v) is 4.40. The van der Waals surface area contributed by atoms with Crippen molar-refractivity contribution in [1.82, 2.24) is 19.9 Å². The van der Waals surface area contributed by atoms with E-state index < -0.39 is 0 Å². The molecule has 7 heteroatoms. The Hall–Kier alpha value is -3.74. The molecule has 28 heavy (non-hydrogen) atoms. The Morgan fingerprint density at radius 2 is 2.04 bits per heavy atom. The Kier molecular flexibility index (Phi) is 4.97. The molecule has 4 aromatic rings. The van der Waals surface area contributed by atoms with E-state index in [4.69, 9.17) is 4.42 Å². The van der Waals surface area contributed by atoms with Crippen LogP contribution in [0, 0.1) is 0 Å². The van der Waals surface area contributed by atoms with Gasteiger partial charge < -0.3 is 9.73 Å². The minimum absolute atomic E-state index is 0.145. The summed E-state index contributed by atoms with van der Waals surface area (Å²) in [6, 6.07) is 12.8. The van der Waals surface area contributed by atoms with Crippen LogP contribution in [-0.2, 0) is 17.9 Å². The highest BCUT2D eigenvalue weighted by Gasteiger charge is 2.07. The standard InChI is InChI=1S/C21H18N4O3/c26-20(7-8-25-14-24-18-5-2-1-4-17(18)21(25)27)23-12-15-10-16(13-22-11-15)19-6-3-9-28-19/h1-6,9-11,13-14H,7-8,12H2,(H,23,26). The number of hydrogen-bond donors (Lipinski definition) is 1. The molecule has 1 aromatic carbocycles.